The number of rotatable bonds is 8. The number of aryl methyl sites for hydroxylation is 1. The van der Waals surface area contributed by atoms with Gasteiger partial charge < -0.3 is 19.8 Å². The number of nitrogens with zero attached hydrogens (tertiary/aromatic N) is 2. The molecular formula is C22H26N4O2. The highest BCUT2D eigenvalue weighted by atomic mass is 16.5. The van der Waals surface area contributed by atoms with Crippen molar-refractivity contribution in [3.05, 3.63) is 72.1 Å². The standard InChI is InChI=1S/C22H26N4O2/c1-3-23-22(24-12-13-27-20-11-7-8-17(2)14-20)25-15-19-16-28-21(26-19)18-9-5-4-6-10-18/h4-11,14,16H,3,12-13,15H2,1-2H3,(H2,23,24,25). The minimum atomic E-state index is 0.435. The van der Waals surface area contributed by atoms with E-state index in [1.54, 1.807) is 6.26 Å². The fourth-order valence-corrected chi connectivity index (χ4v) is 2.64. The van der Waals surface area contributed by atoms with Crippen molar-refractivity contribution in [3.8, 4) is 17.2 Å². The molecule has 2 N–H and O–H groups in total. The lowest BCUT2D eigenvalue weighted by atomic mass is 10.2. The van der Waals surface area contributed by atoms with E-state index >= 15 is 0 Å². The maximum absolute atomic E-state index is 5.76. The van der Waals surface area contributed by atoms with Crippen LogP contribution in [0.25, 0.3) is 11.5 Å². The molecule has 0 aliphatic rings. The third-order valence-electron chi connectivity index (χ3n) is 3.97. The van der Waals surface area contributed by atoms with E-state index in [0.717, 1.165) is 29.5 Å². The predicted octanol–water partition coefficient (Wildman–Crippen LogP) is 3.78. The molecule has 28 heavy (non-hydrogen) atoms. The number of aliphatic imine (C=N–C) groups is 1. The number of hydrogen-bond acceptors (Lipinski definition) is 4. The van der Waals surface area contributed by atoms with Crippen LogP contribution in [-0.2, 0) is 6.54 Å². The predicted molar refractivity (Wildman–Crippen MR) is 111 cm³/mol. The summed E-state index contributed by atoms with van der Waals surface area (Å²) in [7, 11) is 0. The summed E-state index contributed by atoms with van der Waals surface area (Å²) in [5, 5.41) is 6.49. The van der Waals surface area contributed by atoms with Gasteiger partial charge in [0.05, 0.1) is 13.1 Å². The fourth-order valence-electron chi connectivity index (χ4n) is 2.64. The second-order valence-corrected chi connectivity index (χ2v) is 6.30. The van der Waals surface area contributed by atoms with Gasteiger partial charge in [0.1, 0.15) is 24.3 Å². The van der Waals surface area contributed by atoms with Crippen LogP contribution in [0.3, 0.4) is 0 Å². The molecule has 1 aromatic heterocycles. The molecule has 146 valence electrons. The van der Waals surface area contributed by atoms with Crippen LogP contribution in [0.2, 0.25) is 0 Å². The number of nitrogens with one attached hydrogen (secondary N) is 2. The van der Waals surface area contributed by atoms with Crippen molar-refractivity contribution in [2.75, 3.05) is 19.7 Å². The van der Waals surface area contributed by atoms with Gasteiger partial charge in [0, 0.05) is 12.1 Å². The van der Waals surface area contributed by atoms with Gasteiger partial charge in [0.2, 0.25) is 5.89 Å². The van der Waals surface area contributed by atoms with Crippen molar-refractivity contribution in [1.29, 1.82) is 0 Å². The topological polar surface area (TPSA) is 71.7 Å². The first-order chi connectivity index (χ1) is 13.7. The normalized spacial score (nSPS) is 11.3. The number of guanidine groups is 1. The summed E-state index contributed by atoms with van der Waals surface area (Å²) in [5.41, 5.74) is 2.92. The van der Waals surface area contributed by atoms with Gasteiger partial charge in [-0.25, -0.2) is 9.98 Å². The Morgan fingerprint density at radius 3 is 2.75 bits per heavy atom. The van der Waals surface area contributed by atoms with Crippen LogP contribution in [0.15, 0.2) is 70.3 Å². The van der Waals surface area contributed by atoms with Crippen LogP contribution in [0.4, 0.5) is 0 Å². The Hall–Kier alpha value is -3.28. The highest BCUT2D eigenvalue weighted by molar-refractivity contribution is 5.79. The molecule has 0 amide bonds. The average molecular weight is 378 g/mol. The molecule has 3 rings (SSSR count). The van der Waals surface area contributed by atoms with E-state index in [4.69, 9.17) is 9.15 Å². The lowest BCUT2D eigenvalue weighted by Crippen LogP contribution is -2.39. The summed E-state index contributed by atoms with van der Waals surface area (Å²) in [6, 6.07) is 17.9. The zero-order valence-electron chi connectivity index (χ0n) is 16.3. The van der Waals surface area contributed by atoms with Crippen LogP contribution < -0.4 is 15.4 Å². The summed E-state index contributed by atoms with van der Waals surface area (Å²) in [6.45, 7) is 6.49. The molecule has 3 aromatic rings. The van der Waals surface area contributed by atoms with E-state index in [1.165, 1.54) is 5.56 Å². The Morgan fingerprint density at radius 2 is 1.96 bits per heavy atom. The number of oxazole rings is 1. The molecule has 0 atom stereocenters. The van der Waals surface area contributed by atoms with Crippen molar-refractivity contribution in [1.82, 2.24) is 15.6 Å². The second-order valence-electron chi connectivity index (χ2n) is 6.30. The van der Waals surface area contributed by atoms with Crippen molar-refractivity contribution >= 4 is 5.96 Å². The van der Waals surface area contributed by atoms with Gasteiger partial charge in [-0.05, 0) is 43.7 Å². The molecule has 0 unspecified atom stereocenters. The van der Waals surface area contributed by atoms with E-state index in [0.29, 0.717) is 25.6 Å². The van der Waals surface area contributed by atoms with Crippen LogP contribution >= 0.6 is 0 Å². The number of aromatic nitrogens is 1. The summed E-state index contributed by atoms with van der Waals surface area (Å²) in [4.78, 5) is 9.07. The molecule has 0 bridgehead atoms. The smallest absolute Gasteiger partial charge is 0.226 e. The van der Waals surface area contributed by atoms with E-state index in [1.807, 2.05) is 68.4 Å². The zero-order chi connectivity index (χ0) is 19.6. The summed E-state index contributed by atoms with van der Waals surface area (Å²) in [6.07, 6.45) is 1.65. The lowest BCUT2D eigenvalue weighted by molar-refractivity contribution is 0.321. The molecule has 0 saturated heterocycles. The third kappa shape index (κ3) is 5.87. The Morgan fingerprint density at radius 1 is 1.11 bits per heavy atom. The molecule has 2 aromatic carbocycles. The third-order valence-corrected chi connectivity index (χ3v) is 3.97. The molecular weight excluding hydrogens is 352 g/mol. The van der Waals surface area contributed by atoms with Crippen molar-refractivity contribution in [2.24, 2.45) is 4.99 Å². The highest BCUT2D eigenvalue weighted by Crippen LogP contribution is 2.18. The first-order valence-corrected chi connectivity index (χ1v) is 9.46. The molecule has 0 fully saturated rings. The number of benzene rings is 2. The van der Waals surface area contributed by atoms with Gasteiger partial charge in [0.25, 0.3) is 0 Å². The van der Waals surface area contributed by atoms with Crippen LogP contribution in [0.5, 0.6) is 5.75 Å². The fraction of sp³-hybridized carbons (Fsp3) is 0.273. The minimum absolute atomic E-state index is 0.435. The lowest BCUT2D eigenvalue weighted by Gasteiger charge is -2.12. The van der Waals surface area contributed by atoms with E-state index < -0.39 is 0 Å². The SMILES string of the molecule is CCNC(=NCc1coc(-c2ccccc2)n1)NCCOc1cccc(C)c1. The van der Waals surface area contributed by atoms with Crippen LogP contribution in [-0.4, -0.2) is 30.6 Å². The molecule has 0 saturated carbocycles. The molecule has 6 heteroatoms. The van der Waals surface area contributed by atoms with Crippen molar-refractivity contribution in [3.63, 3.8) is 0 Å². The summed E-state index contributed by atoms with van der Waals surface area (Å²) in [5.74, 6) is 2.20. The van der Waals surface area contributed by atoms with Gasteiger partial charge in [0.15, 0.2) is 5.96 Å². The maximum atomic E-state index is 5.76. The first kappa shape index (κ1) is 19.5. The second kappa shape index (κ2) is 10.2. The summed E-state index contributed by atoms with van der Waals surface area (Å²) < 4.78 is 11.3. The minimum Gasteiger partial charge on any atom is -0.492 e. The van der Waals surface area contributed by atoms with Gasteiger partial charge in [-0.1, -0.05) is 30.3 Å². The van der Waals surface area contributed by atoms with Crippen molar-refractivity contribution in [2.45, 2.75) is 20.4 Å². The molecule has 1 heterocycles. The van der Waals surface area contributed by atoms with Gasteiger partial charge >= 0.3 is 0 Å². The summed E-state index contributed by atoms with van der Waals surface area (Å²) >= 11 is 0. The van der Waals surface area contributed by atoms with Gasteiger partial charge in [-0.2, -0.15) is 0 Å². The average Bonchev–Trinajstić information content (AvgIpc) is 3.19. The van der Waals surface area contributed by atoms with E-state index in [9.17, 15) is 0 Å². The number of hydrogen-bond donors (Lipinski definition) is 2. The highest BCUT2D eigenvalue weighted by Gasteiger charge is 2.06. The first-order valence-electron chi connectivity index (χ1n) is 9.46. The molecule has 0 spiro atoms. The Kier molecular flexibility index (Phi) is 7.07. The van der Waals surface area contributed by atoms with E-state index in [-0.39, 0.29) is 0 Å². The zero-order valence-corrected chi connectivity index (χ0v) is 16.3. The number of ether oxygens (including phenoxy) is 1. The van der Waals surface area contributed by atoms with Crippen LogP contribution in [0.1, 0.15) is 18.2 Å². The Labute approximate surface area is 165 Å². The quantitative estimate of drug-likeness (QED) is 0.355. The maximum Gasteiger partial charge on any atom is 0.226 e. The molecule has 0 radical (unpaired) electrons. The molecule has 6 nitrogen and oxygen atoms in total. The van der Waals surface area contributed by atoms with Gasteiger partial charge in [-0.15, -0.1) is 0 Å². The van der Waals surface area contributed by atoms with Crippen LogP contribution in [0, 0.1) is 6.92 Å². The molecule has 0 aliphatic heterocycles. The van der Waals surface area contributed by atoms with Crippen molar-refractivity contribution < 1.29 is 9.15 Å². The van der Waals surface area contributed by atoms with Gasteiger partial charge in [-0.3, -0.25) is 0 Å². The largest absolute Gasteiger partial charge is 0.492 e. The molecule has 0 aliphatic carbocycles. The monoisotopic (exact) mass is 378 g/mol. The van der Waals surface area contributed by atoms with E-state index in [2.05, 4.69) is 20.6 Å². The Balaban J connectivity index is 1.50. The Bertz CT molecular complexity index is 890.